The Morgan fingerprint density at radius 1 is 1.04 bits per heavy atom. The highest BCUT2D eigenvalue weighted by molar-refractivity contribution is 6.36. The van der Waals surface area contributed by atoms with E-state index in [0.29, 0.717) is 38.7 Å². The Morgan fingerprint density at radius 3 is 2.27 bits per heavy atom. The van der Waals surface area contributed by atoms with Gasteiger partial charge in [0.25, 0.3) is 0 Å². The molecule has 26 heavy (non-hydrogen) atoms. The minimum Gasteiger partial charge on any atom is -0.493 e. The Hall–Kier alpha value is -1.13. The van der Waals surface area contributed by atoms with E-state index < -0.39 is 0 Å². The fourth-order valence-corrected chi connectivity index (χ4v) is 3.09. The summed E-state index contributed by atoms with van der Waals surface area (Å²) >= 11 is 18.8. The average Bonchev–Trinajstić information content (AvgIpc) is 2.60. The first-order valence-electron chi connectivity index (χ1n) is 8.44. The number of hydrogen-bond acceptors (Lipinski definition) is 3. The second kappa shape index (κ2) is 9.18. The first kappa shape index (κ1) is 21.2. The lowest BCUT2D eigenvalue weighted by Gasteiger charge is -2.25. The summed E-state index contributed by atoms with van der Waals surface area (Å²) in [5, 5.41) is 5.09. The number of benzene rings is 2. The molecule has 0 atom stereocenters. The van der Waals surface area contributed by atoms with E-state index in [1.807, 2.05) is 12.1 Å². The Labute approximate surface area is 170 Å². The molecule has 0 aromatic heterocycles. The molecule has 0 saturated carbocycles. The van der Waals surface area contributed by atoms with Gasteiger partial charge in [-0.05, 0) is 50.1 Å². The summed E-state index contributed by atoms with van der Waals surface area (Å²) in [6, 6.07) is 9.15. The van der Waals surface area contributed by atoms with Crippen molar-refractivity contribution in [3.8, 4) is 11.5 Å². The quantitative estimate of drug-likeness (QED) is 0.532. The van der Waals surface area contributed by atoms with E-state index in [4.69, 9.17) is 44.3 Å². The van der Waals surface area contributed by atoms with Crippen LogP contribution in [0.2, 0.25) is 15.1 Å². The zero-order chi connectivity index (χ0) is 19.3. The van der Waals surface area contributed by atoms with Crippen LogP contribution in [0.1, 0.15) is 38.3 Å². The molecule has 3 nitrogen and oxygen atoms in total. The van der Waals surface area contributed by atoms with Crippen molar-refractivity contribution in [2.24, 2.45) is 0 Å². The van der Waals surface area contributed by atoms with Crippen LogP contribution in [0.25, 0.3) is 0 Å². The van der Waals surface area contributed by atoms with Gasteiger partial charge in [-0.3, -0.25) is 0 Å². The van der Waals surface area contributed by atoms with E-state index in [1.165, 1.54) is 0 Å². The van der Waals surface area contributed by atoms with Crippen LogP contribution in [0.4, 0.5) is 0 Å². The van der Waals surface area contributed by atoms with Gasteiger partial charge < -0.3 is 14.8 Å². The van der Waals surface area contributed by atoms with Crippen molar-refractivity contribution in [1.29, 1.82) is 0 Å². The van der Waals surface area contributed by atoms with Gasteiger partial charge in [0.2, 0.25) is 0 Å². The molecule has 0 aliphatic heterocycles. The smallest absolute Gasteiger partial charge is 0.180 e. The second-order valence-electron chi connectivity index (χ2n) is 6.69. The first-order chi connectivity index (χ1) is 12.3. The van der Waals surface area contributed by atoms with Crippen LogP contribution in [0.5, 0.6) is 11.5 Å². The lowest BCUT2D eigenvalue weighted by molar-refractivity contribution is 0.284. The lowest BCUT2D eigenvalue weighted by atomic mass is 10.0. The highest BCUT2D eigenvalue weighted by Crippen LogP contribution is 2.38. The molecule has 6 heteroatoms. The predicted octanol–water partition coefficient (Wildman–Crippen LogP) is 6.51. The molecular weight excluding hydrogens is 393 g/mol. The van der Waals surface area contributed by atoms with Crippen LogP contribution in [0, 0.1) is 0 Å². The molecule has 0 fully saturated rings. The molecule has 2 aromatic rings. The van der Waals surface area contributed by atoms with Gasteiger partial charge in [0.05, 0.1) is 12.1 Å². The van der Waals surface area contributed by atoms with E-state index in [1.54, 1.807) is 25.3 Å². The topological polar surface area (TPSA) is 30.5 Å². The van der Waals surface area contributed by atoms with E-state index in [2.05, 4.69) is 26.1 Å². The van der Waals surface area contributed by atoms with Crippen molar-refractivity contribution in [1.82, 2.24) is 5.32 Å². The molecule has 142 valence electrons. The molecule has 0 aliphatic carbocycles. The number of halogens is 3. The zero-order valence-electron chi connectivity index (χ0n) is 15.5. The summed E-state index contributed by atoms with van der Waals surface area (Å²) < 4.78 is 11.4. The molecule has 0 amide bonds. The minimum absolute atomic E-state index is 0.0513. The molecule has 0 bridgehead atoms. The molecule has 2 rings (SSSR count). The van der Waals surface area contributed by atoms with Gasteiger partial charge in [0.1, 0.15) is 6.61 Å². The number of ether oxygens (including phenoxy) is 2. The third-order valence-corrected chi connectivity index (χ3v) is 5.36. The van der Waals surface area contributed by atoms with E-state index >= 15 is 0 Å². The largest absolute Gasteiger partial charge is 0.493 e. The molecule has 0 heterocycles. The molecule has 0 saturated heterocycles. The van der Waals surface area contributed by atoms with Crippen LogP contribution in [0.15, 0.2) is 30.3 Å². The van der Waals surface area contributed by atoms with Gasteiger partial charge in [-0.25, -0.2) is 0 Å². The van der Waals surface area contributed by atoms with Crippen LogP contribution in [-0.2, 0) is 13.2 Å². The van der Waals surface area contributed by atoms with Crippen LogP contribution in [0.3, 0.4) is 0 Å². The highest BCUT2D eigenvalue weighted by Gasteiger charge is 2.17. The second-order valence-corrected chi connectivity index (χ2v) is 7.91. The van der Waals surface area contributed by atoms with E-state index in [0.717, 1.165) is 12.0 Å². The molecule has 0 radical (unpaired) electrons. The van der Waals surface area contributed by atoms with Crippen LogP contribution < -0.4 is 14.8 Å². The normalized spacial score (nSPS) is 11.5. The fourth-order valence-electron chi connectivity index (χ4n) is 2.30. The Balaban J connectivity index is 2.19. The van der Waals surface area contributed by atoms with Crippen molar-refractivity contribution in [3.63, 3.8) is 0 Å². The summed E-state index contributed by atoms with van der Waals surface area (Å²) in [7, 11) is 1.59. The maximum Gasteiger partial charge on any atom is 0.180 e. The standard InChI is InChI=1S/C20H24Cl3NO2/c1-5-20(2,3)24-11-13-9-17(23)19(18(10-13)25-4)26-12-14-15(21)7-6-8-16(14)22/h6-10,24H,5,11-12H2,1-4H3. The van der Waals surface area contributed by atoms with Gasteiger partial charge in [-0.2, -0.15) is 0 Å². The third kappa shape index (κ3) is 5.43. The van der Waals surface area contributed by atoms with Crippen LogP contribution in [-0.4, -0.2) is 12.6 Å². The van der Waals surface area contributed by atoms with Crippen molar-refractivity contribution in [2.75, 3.05) is 7.11 Å². The van der Waals surface area contributed by atoms with Crippen LogP contribution >= 0.6 is 34.8 Å². The van der Waals surface area contributed by atoms with Gasteiger partial charge in [0, 0.05) is 27.7 Å². The summed E-state index contributed by atoms with van der Waals surface area (Å²) in [5.74, 6) is 1.05. The van der Waals surface area contributed by atoms with Crippen molar-refractivity contribution >= 4 is 34.8 Å². The van der Waals surface area contributed by atoms with Gasteiger partial charge in [-0.15, -0.1) is 0 Å². The Kier molecular flexibility index (Phi) is 7.48. The van der Waals surface area contributed by atoms with Gasteiger partial charge in [0.15, 0.2) is 11.5 Å². The van der Waals surface area contributed by atoms with E-state index in [9.17, 15) is 0 Å². The summed E-state index contributed by atoms with van der Waals surface area (Å²) in [4.78, 5) is 0. The molecular formula is C20H24Cl3NO2. The maximum atomic E-state index is 6.44. The summed E-state index contributed by atoms with van der Waals surface area (Å²) in [5.41, 5.74) is 1.79. The lowest BCUT2D eigenvalue weighted by Crippen LogP contribution is -2.37. The molecule has 2 aromatic carbocycles. The average molecular weight is 417 g/mol. The highest BCUT2D eigenvalue weighted by atomic mass is 35.5. The van der Waals surface area contributed by atoms with Gasteiger partial charge >= 0.3 is 0 Å². The maximum absolute atomic E-state index is 6.44. The first-order valence-corrected chi connectivity index (χ1v) is 9.58. The van der Waals surface area contributed by atoms with Gasteiger partial charge in [-0.1, -0.05) is 47.8 Å². The fraction of sp³-hybridized carbons (Fsp3) is 0.400. The molecule has 0 aliphatic rings. The van der Waals surface area contributed by atoms with Crippen molar-refractivity contribution in [2.45, 2.75) is 45.9 Å². The monoisotopic (exact) mass is 415 g/mol. The molecule has 1 N–H and O–H groups in total. The van der Waals surface area contributed by atoms with E-state index in [-0.39, 0.29) is 12.1 Å². The minimum atomic E-state index is 0.0513. The molecule has 0 spiro atoms. The number of nitrogens with one attached hydrogen (secondary N) is 1. The Morgan fingerprint density at radius 2 is 1.69 bits per heavy atom. The SMILES string of the molecule is CCC(C)(C)NCc1cc(Cl)c(OCc2c(Cl)cccc2Cl)c(OC)c1. The summed E-state index contributed by atoms with van der Waals surface area (Å²) in [6.07, 6.45) is 1.03. The summed E-state index contributed by atoms with van der Waals surface area (Å²) in [6.45, 7) is 7.37. The third-order valence-electron chi connectivity index (χ3n) is 4.37. The zero-order valence-corrected chi connectivity index (χ0v) is 17.7. The molecule has 0 unspecified atom stereocenters. The Bertz CT molecular complexity index is 743. The number of rotatable bonds is 8. The number of hydrogen-bond donors (Lipinski definition) is 1. The predicted molar refractivity (Wildman–Crippen MR) is 110 cm³/mol. The number of methoxy groups -OCH3 is 1. The van der Waals surface area contributed by atoms with Crippen molar-refractivity contribution < 1.29 is 9.47 Å². The van der Waals surface area contributed by atoms with Crippen molar-refractivity contribution in [3.05, 3.63) is 56.5 Å².